The van der Waals surface area contributed by atoms with Gasteiger partial charge in [-0.2, -0.15) is 4.68 Å². The minimum Gasteiger partial charge on any atom is -0.492 e. The number of amides is 1. The Bertz CT molecular complexity index is 1130. The number of tetrazole rings is 1. The lowest BCUT2D eigenvalue weighted by atomic mass is 10.2. The topological polar surface area (TPSA) is 94.8 Å². The molecule has 0 unspecified atom stereocenters. The Labute approximate surface area is 181 Å². The number of ether oxygens (including phenoxy) is 1. The number of benzene rings is 2. The number of thiazole rings is 1. The maximum Gasteiger partial charge on any atom is 0.236 e. The van der Waals surface area contributed by atoms with Crippen molar-refractivity contribution in [3.63, 3.8) is 0 Å². The SMILES string of the molecule is CCOc1ccccc1-n1nnnc1SCC(=O)Nc1nc(-c2ccccc2)cs1. The van der Waals surface area contributed by atoms with Crippen LogP contribution in [0.1, 0.15) is 6.92 Å². The monoisotopic (exact) mass is 438 g/mol. The number of aromatic nitrogens is 5. The molecule has 30 heavy (non-hydrogen) atoms. The number of thioether (sulfide) groups is 1. The first-order valence-corrected chi connectivity index (χ1v) is 11.1. The lowest BCUT2D eigenvalue weighted by Crippen LogP contribution is -2.14. The first kappa shape index (κ1) is 20.0. The molecule has 0 aliphatic heterocycles. The lowest BCUT2D eigenvalue weighted by Gasteiger charge is -2.10. The van der Waals surface area contributed by atoms with Crippen molar-refractivity contribution in [1.29, 1.82) is 0 Å². The summed E-state index contributed by atoms with van der Waals surface area (Å²) in [6.07, 6.45) is 0. The Morgan fingerprint density at radius 1 is 1.17 bits per heavy atom. The Morgan fingerprint density at radius 2 is 1.97 bits per heavy atom. The van der Waals surface area contributed by atoms with Crippen molar-refractivity contribution >= 4 is 34.1 Å². The van der Waals surface area contributed by atoms with Crippen LogP contribution in [0.2, 0.25) is 0 Å². The van der Waals surface area contributed by atoms with Gasteiger partial charge in [-0.15, -0.1) is 16.4 Å². The van der Waals surface area contributed by atoms with E-state index in [0.717, 1.165) is 16.9 Å². The smallest absolute Gasteiger partial charge is 0.236 e. The van der Waals surface area contributed by atoms with Gasteiger partial charge in [0, 0.05) is 10.9 Å². The molecular formula is C20H18N6O2S2. The fourth-order valence-electron chi connectivity index (χ4n) is 2.69. The molecule has 0 spiro atoms. The van der Waals surface area contributed by atoms with Crippen LogP contribution in [0.5, 0.6) is 5.75 Å². The molecular weight excluding hydrogens is 420 g/mol. The molecule has 1 N–H and O–H groups in total. The molecule has 2 aromatic carbocycles. The summed E-state index contributed by atoms with van der Waals surface area (Å²) in [6, 6.07) is 17.3. The normalized spacial score (nSPS) is 10.7. The average Bonchev–Trinajstić information content (AvgIpc) is 3.43. The van der Waals surface area contributed by atoms with Gasteiger partial charge in [0.05, 0.1) is 18.1 Å². The van der Waals surface area contributed by atoms with Gasteiger partial charge in [-0.05, 0) is 29.5 Å². The molecule has 4 aromatic rings. The van der Waals surface area contributed by atoms with Crippen LogP contribution < -0.4 is 10.1 Å². The number of carbonyl (C=O) groups excluding carboxylic acids is 1. The first-order valence-electron chi connectivity index (χ1n) is 9.18. The van der Waals surface area contributed by atoms with Crippen LogP contribution in [-0.4, -0.2) is 43.5 Å². The third-order valence-electron chi connectivity index (χ3n) is 3.99. The Morgan fingerprint density at radius 3 is 2.80 bits per heavy atom. The largest absolute Gasteiger partial charge is 0.492 e. The summed E-state index contributed by atoms with van der Waals surface area (Å²) < 4.78 is 7.22. The highest BCUT2D eigenvalue weighted by atomic mass is 32.2. The van der Waals surface area contributed by atoms with Crippen molar-refractivity contribution in [2.75, 3.05) is 17.7 Å². The zero-order chi connectivity index (χ0) is 20.8. The molecule has 0 bridgehead atoms. The predicted octanol–water partition coefficient (Wildman–Crippen LogP) is 3.92. The summed E-state index contributed by atoms with van der Waals surface area (Å²) in [5, 5.41) is 17.6. The Kier molecular flexibility index (Phi) is 6.35. The van der Waals surface area contributed by atoms with Gasteiger partial charge >= 0.3 is 0 Å². The van der Waals surface area contributed by atoms with Gasteiger partial charge < -0.3 is 10.1 Å². The molecule has 0 aliphatic carbocycles. The van der Waals surface area contributed by atoms with E-state index in [1.54, 1.807) is 4.68 Å². The predicted molar refractivity (Wildman–Crippen MR) is 117 cm³/mol. The van der Waals surface area contributed by atoms with Gasteiger partial charge in [0.25, 0.3) is 0 Å². The molecule has 0 saturated heterocycles. The van der Waals surface area contributed by atoms with Gasteiger partial charge in [-0.1, -0.05) is 54.2 Å². The third-order valence-corrected chi connectivity index (χ3v) is 5.66. The highest BCUT2D eigenvalue weighted by Crippen LogP contribution is 2.27. The van der Waals surface area contributed by atoms with E-state index in [1.807, 2.05) is 66.9 Å². The van der Waals surface area contributed by atoms with E-state index in [2.05, 4.69) is 25.8 Å². The Balaban J connectivity index is 1.40. The van der Waals surface area contributed by atoms with Crippen LogP contribution in [-0.2, 0) is 4.79 Å². The minimum absolute atomic E-state index is 0.150. The number of rotatable bonds is 8. The van der Waals surface area contributed by atoms with Gasteiger partial charge in [0.1, 0.15) is 11.4 Å². The summed E-state index contributed by atoms with van der Waals surface area (Å²) in [4.78, 5) is 16.9. The van der Waals surface area contributed by atoms with Crippen molar-refractivity contribution in [3.8, 4) is 22.7 Å². The maximum atomic E-state index is 12.4. The second-order valence-electron chi connectivity index (χ2n) is 6.01. The number of carbonyl (C=O) groups is 1. The van der Waals surface area contributed by atoms with Crippen LogP contribution in [0.25, 0.3) is 16.9 Å². The van der Waals surface area contributed by atoms with Gasteiger partial charge in [-0.25, -0.2) is 4.98 Å². The number of anilines is 1. The molecule has 152 valence electrons. The summed E-state index contributed by atoms with van der Waals surface area (Å²) in [5.74, 6) is 0.647. The Hall–Kier alpha value is -3.24. The maximum absolute atomic E-state index is 12.4. The zero-order valence-electron chi connectivity index (χ0n) is 16.1. The number of hydrogen-bond acceptors (Lipinski definition) is 8. The van der Waals surface area contributed by atoms with Gasteiger partial charge in [-0.3, -0.25) is 4.79 Å². The number of nitrogens with zero attached hydrogens (tertiary/aromatic N) is 5. The van der Waals surface area contributed by atoms with Crippen molar-refractivity contribution in [1.82, 2.24) is 25.2 Å². The van der Waals surface area contributed by atoms with E-state index in [0.29, 0.717) is 22.6 Å². The molecule has 2 aromatic heterocycles. The fraction of sp³-hybridized carbons (Fsp3) is 0.150. The molecule has 1 amide bonds. The van der Waals surface area contributed by atoms with E-state index >= 15 is 0 Å². The van der Waals surface area contributed by atoms with Crippen molar-refractivity contribution in [2.24, 2.45) is 0 Å². The second kappa shape index (κ2) is 9.51. The lowest BCUT2D eigenvalue weighted by molar-refractivity contribution is -0.113. The highest BCUT2D eigenvalue weighted by molar-refractivity contribution is 7.99. The van der Waals surface area contributed by atoms with E-state index in [4.69, 9.17) is 4.74 Å². The van der Waals surface area contributed by atoms with Crippen LogP contribution in [0, 0.1) is 0 Å². The van der Waals surface area contributed by atoms with E-state index in [-0.39, 0.29) is 11.7 Å². The van der Waals surface area contributed by atoms with E-state index < -0.39 is 0 Å². The van der Waals surface area contributed by atoms with Crippen LogP contribution in [0.4, 0.5) is 5.13 Å². The molecule has 4 rings (SSSR count). The van der Waals surface area contributed by atoms with Crippen molar-refractivity contribution < 1.29 is 9.53 Å². The van der Waals surface area contributed by atoms with E-state index in [9.17, 15) is 4.79 Å². The molecule has 0 aliphatic rings. The number of nitrogens with one attached hydrogen (secondary N) is 1. The quantitative estimate of drug-likeness (QED) is 0.417. The molecule has 0 atom stereocenters. The van der Waals surface area contributed by atoms with Crippen LogP contribution in [0.15, 0.2) is 65.1 Å². The van der Waals surface area contributed by atoms with Crippen molar-refractivity contribution in [3.05, 3.63) is 60.0 Å². The van der Waals surface area contributed by atoms with Crippen LogP contribution >= 0.6 is 23.1 Å². The minimum atomic E-state index is -0.179. The zero-order valence-corrected chi connectivity index (χ0v) is 17.7. The summed E-state index contributed by atoms with van der Waals surface area (Å²) in [7, 11) is 0. The molecule has 8 nitrogen and oxygen atoms in total. The number of para-hydroxylation sites is 2. The summed E-state index contributed by atoms with van der Waals surface area (Å²) >= 11 is 2.63. The first-order chi connectivity index (χ1) is 14.7. The molecule has 10 heteroatoms. The van der Waals surface area contributed by atoms with E-state index in [1.165, 1.54) is 23.1 Å². The fourth-order valence-corrected chi connectivity index (χ4v) is 4.11. The second-order valence-corrected chi connectivity index (χ2v) is 7.82. The molecule has 0 fully saturated rings. The van der Waals surface area contributed by atoms with Gasteiger partial charge in [0.15, 0.2) is 5.13 Å². The molecule has 0 radical (unpaired) electrons. The summed E-state index contributed by atoms with van der Waals surface area (Å²) in [6.45, 7) is 2.45. The number of hydrogen-bond donors (Lipinski definition) is 1. The molecule has 2 heterocycles. The van der Waals surface area contributed by atoms with Gasteiger partial charge in [0.2, 0.25) is 11.1 Å². The highest BCUT2D eigenvalue weighted by Gasteiger charge is 2.15. The third kappa shape index (κ3) is 4.66. The summed E-state index contributed by atoms with van der Waals surface area (Å²) in [5.41, 5.74) is 2.57. The molecule has 0 saturated carbocycles. The standard InChI is InChI=1S/C20H18N6O2S2/c1-2-28-17-11-7-6-10-16(17)26-20(23-24-25-26)30-13-18(27)22-19-21-15(12-29-19)14-8-4-3-5-9-14/h3-12H,2,13H2,1H3,(H,21,22,27). The van der Waals surface area contributed by atoms with Crippen molar-refractivity contribution in [2.45, 2.75) is 12.1 Å². The average molecular weight is 439 g/mol. The van der Waals surface area contributed by atoms with Crippen LogP contribution in [0.3, 0.4) is 0 Å².